The molecule has 2 amide bonds. The molecule has 13 nitrogen and oxygen atoms in total. The molecule has 4 aromatic heterocycles. The summed E-state index contributed by atoms with van der Waals surface area (Å²) in [6, 6.07) is 36.4. The fraction of sp³-hybridized carbons (Fsp3) is 0.256. The zero-order valence-corrected chi connectivity index (χ0v) is 34.9. The number of aromatic nitrogens is 8. The van der Waals surface area contributed by atoms with E-state index in [0.29, 0.717) is 36.2 Å². The van der Waals surface area contributed by atoms with E-state index in [9.17, 15) is 9.59 Å². The number of nitrogens with one attached hydrogen (secondary N) is 2. The van der Waals surface area contributed by atoms with Crippen molar-refractivity contribution in [3.63, 3.8) is 0 Å². The molecular weight excluding hydrogens is 767 g/mol. The number of nitrogens with zero attached hydrogens (tertiary/aromatic N) is 9. The van der Waals surface area contributed by atoms with Crippen molar-refractivity contribution in [2.24, 2.45) is 0 Å². The molecule has 0 radical (unpaired) electrons. The van der Waals surface area contributed by atoms with Gasteiger partial charge < -0.3 is 4.90 Å². The maximum Gasteiger partial charge on any atom is 0.249 e. The van der Waals surface area contributed by atoms with Gasteiger partial charge in [-0.05, 0) is 95.3 Å². The number of thioether (sulfide) groups is 2. The highest BCUT2D eigenvalue weighted by Gasteiger charge is 2.21. The second kappa shape index (κ2) is 18.5. The Hall–Kier alpha value is -6.06. The van der Waals surface area contributed by atoms with E-state index in [1.807, 2.05) is 122 Å². The van der Waals surface area contributed by atoms with Crippen LogP contribution in [0.5, 0.6) is 0 Å². The van der Waals surface area contributed by atoms with Crippen molar-refractivity contribution in [3.05, 3.63) is 149 Å². The molecule has 0 spiro atoms. The Morgan fingerprint density at radius 2 is 0.931 bits per heavy atom. The number of hydrogen-bond acceptors (Lipinski definition) is 9. The van der Waals surface area contributed by atoms with Crippen LogP contribution in [0.1, 0.15) is 40.0 Å². The molecule has 298 valence electrons. The Morgan fingerprint density at radius 1 is 0.534 bits per heavy atom. The van der Waals surface area contributed by atoms with Gasteiger partial charge in [-0.1, -0.05) is 77.6 Å². The number of hydrogen-bond donors (Lipinski definition) is 2. The molecule has 0 saturated carbocycles. The number of para-hydroxylation sites is 2. The number of benzene rings is 3. The van der Waals surface area contributed by atoms with E-state index in [1.165, 1.54) is 29.1 Å². The second-order valence-electron chi connectivity index (χ2n) is 14.0. The van der Waals surface area contributed by atoms with Crippen LogP contribution in [-0.2, 0) is 22.4 Å². The van der Waals surface area contributed by atoms with Gasteiger partial charge in [-0.15, -0.1) is 20.4 Å². The summed E-state index contributed by atoms with van der Waals surface area (Å²) in [5.74, 6) is 1.68. The van der Waals surface area contributed by atoms with Gasteiger partial charge in [-0.2, -0.15) is 0 Å². The molecule has 7 rings (SSSR count). The standard InChI is InChI=1S/C43H47N11O2S2/c1-30-16-22-35(23-17-30)50(26-24-38-44-46-42(51(38)36-12-8-6-9-13-36)57-28-40(55)48-53-31(2)18-19-32(53)3)27-25-39-45-47-43(52(39)37-14-10-7-11-15-37)58-29-41(56)49-54-33(4)20-21-34(54)5/h6-23H,24-29H2,1-5H3,(H,48,55)(H,49,56). The number of anilines is 1. The molecule has 0 bridgehead atoms. The molecule has 0 aliphatic carbocycles. The van der Waals surface area contributed by atoms with Gasteiger partial charge in [0.2, 0.25) is 11.8 Å². The number of rotatable bonds is 17. The van der Waals surface area contributed by atoms with Gasteiger partial charge in [0.1, 0.15) is 11.6 Å². The summed E-state index contributed by atoms with van der Waals surface area (Å²) in [7, 11) is 0. The molecule has 58 heavy (non-hydrogen) atoms. The van der Waals surface area contributed by atoms with Gasteiger partial charge in [0.15, 0.2) is 10.3 Å². The number of aryl methyl sites for hydroxylation is 5. The molecular formula is C43H47N11O2S2. The molecule has 7 aromatic rings. The first kappa shape index (κ1) is 40.1. The van der Waals surface area contributed by atoms with Crippen molar-refractivity contribution >= 4 is 41.0 Å². The first-order valence-electron chi connectivity index (χ1n) is 19.1. The van der Waals surface area contributed by atoms with E-state index in [1.54, 1.807) is 9.35 Å². The third kappa shape index (κ3) is 9.55. The summed E-state index contributed by atoms with van der Waals surface area (Å²) in [6.07, 6.45) is 1.18. The van der Waals surface area contributed by atoms with Gasteiger partial charge in [-0.25, -0.2) is 0 Å². The maximum absolute atomic E-state index is 13.0. The zero-order chi connectivity index (χ0) is 40.6. The minimum Gasteiger partial charge on any atom is -0.371 e. The van der Waals surface area contributed by atoms with Crippen LogP contribution in [0.25, 0.3) is 11.4 Å². The summed E-state index contributed by atoms with van der Waals surface area (Å²) in [6.45, 7) is 11.2. The van der Waals surface area contributed by atoms with Crippen LogP contribution >= 0.6 is 23.5 Å². The van der Waals surface area contributed by atoms with Gasteiger partial charge in [-0.3, -0.25) is 38.9 Å². The lowest BCUT2D eigenvalue weighted by Gasteiger charge is -2.25. The molecule has 0 atom stereocenters. The van der Waals surface area contributed by atoms with Crippen molar-refractivity contribution in [2.75, 3.05) is 40.3 Å². The molecule has 0 aliphatic rings. The van der Waals surface area contributed by atoms with Crippen LogP contribution in [0.3, 0.4) is 0 Å². The van der Waals surface area contributed by atoms with E-state index >= 15 is 0 Å². The largest absolute Gasteiger partial charge is 0.371 e. The van der Waals surface area contributed by atoms with Crippen molar-refractivity contribution in [1.29, 1.82) is 0 Å². The van der Waals surface area contributed by atoms with E-state index in [0.717, 1.165) is 51.5 Å². The summed E-state index contributed by atoms with van der Waals surface area (Å²) in [5.41, 5.74) is 13.9. The third-order valence-electron chi connectivity index (χ3n) is 9.72. The minimum absolute atomic E-state index is 0.127. The number of amides is 2. The normalized spacial score (nSPS) is 11.2. The van der Waals surface area contributed by atoms with E-state index < -0.39 is 0 Å². The van der Waals surface area contributed by atoms with Crippen LogP contribution in [0.2, 0.25) is 0 Å². The average molecular weight is 814 g/mol. The molecule has 0 saturated heterocycles. The Balaban J connectivity index is 1.09. The lowest BCUT2D eigenvalue weighted by atomic mass is 10.2. The van der Waals surface area contributed by atoms with Crippen LogP contribution in [-0.4, -0.2) is 75.3 Å². The predicted octanol–water partition coefficient (Wildman–Crippen LogP) is 7.01. The highest BCUT2D eigenvalue weighted by molar-refractivity contribution is 8.00. The van der Waals surface area contributed by atoms with Crippen molar-refractivity contribution < 1.29 is 9.59 Å². The molecule has 2 N–H and O–H groups in total. The zero-order valence-electron chi connectivity index (χ0n) is 33.3. The molecule has 3 aromatic carbocycles. The summed E-state index contributed by atoms with van der Waals surface area (Å²) in [5, 5.41) is 19.8. The highest BCUT2D eigenvalue weighted by Crippen LogP contribution is 2.26. The van der Waals surface area contributed by atoms with Gasteiger partial charge in [0, 0.05) is 65.8 Å². The smallest absolute Gasteiger partial charge is 0.249 e. The van der Waals surface area contributed by atoms with Crippen LogP contribution in [0.4, 0.5) is 5.69 Å². The number of carbonyl (C=O) groups excluding carboxylic acids is 2. The first-order chi connectivity index (χ1) is 28.1. The topological polar surface area (TPSA) is 133 Å². The van der Waals surface area contributed by atoms with Crippen molar-refractivity contribution in [2.45, 2.75) is 57.8 Å². The van der Waals surface area contributed by atoms with Crippen molar-refractivity contribution in [1.82, 2.24) is 38.9 Å². The summed E-state index contributed by atoms with van der Waals surface area (Å²) >= 11 is 2.72. The Labute approximate surface area is 346 Å². The molecule has 0 unspecified atom stereocenters. The summed E-state index contributed by atoms with van der Waals surface area (Å²) in [4.78, 5) is 28.4. The van der Waals surface area contributed by atoms with Crippen LogP contribution in [0.15, 0.2) is 120 Å². The fourth-order valence-corrected chi connectivity index (χ4v) is 8.17. The average Bonchev–Trinajstić information content (AvgIpc) is 4.00. The molecule has 0 aliphatic heterocycles. The Morgan fingerprint density at radius 3 is 1.33 bits per heavy atom. The lowest BCUT2D eigenvalue weighted by Crippen LogP contribution is -2.29. The predicted molar refractivity (Wildman–Crippen MR) is 232 cm³/mol. The minimum atomic E-state index is -0.127. The summed E-state index contributed by atoms with van der Waals surface area (Å²) < 4.78 is 7.68. The quantitative estimate of drug-likeness (QED) is 0.0933. The number of carbonyl (C=O) groups is 2. The molecule has 0 fully saturated rings. The van der Waals surface area contributed by atoms with E-state index in [-0.39, 0.29) is 23.3 Å². The fourth-order valence-electron chi connectivity index (χ4n) is 6.64. The molecule has 4 heterocycles. The highest BCUT2D eigenvalue weighted by atomic mass is 32.2. The van der Waals surface area contributed by atoms with Crippen LogP contribution < -0.4 is 15.8 Å². The van der Waals surface area contributed by atoms with E-state index in [2.05, 4.69) is 67.3 Å². The first-order valence-corrected chi connectivity index (χ1v) is 21.1. The monoisotopic (exact) mass is 813 g/mol. The van der Waals surface area contributed by atoms with Gasteiger partial charge in [0.25, 0.3) is 0 Å². The third-order valence-corrected chi connectivity index (χ3v) is 11.6. The second-order valence-corrected chi connectivity index (χ2v) is 15.9. The Kier molecular flexibility index (Phi) is 12.8. The lowest BCUT2D eigenvalue weighted by molar-refractivity contribution is -0.115. The molecule has 15 heteroatoms. The van der Waals surface area contributed by atoms with Crippen molar-refractivity contribution in [3.8, 4) is 11.4 Å². The maximum atomic E-state index is 13.0. The SMILES string of the molecule is Cc1ccc(N(CCc2nnc(SCC(=O)Nn3c(C)ccc3C)n2-c2ccccc2)CCc2nnc(SCC(=O)Nn3c(C)ccc3C)n2-c2ccccc2)cc1. The van der Waals surface area contributed by atoms with Crippen LogP contribution in [0, 0.1) is 34.6 Å². The van der Waals surface area contributed by atoms with Gasteiger partial charge in [0.05, 0.1) is 11.5 Å². The van der Waals surface area contributed by atoms with Gasteiger partial charge >= 0.3 is 0 Å². The Bertz CT molecular complexity index is 2280. The van der Waals surface area contributed by atoms with E-state index in [4.69, 9.17) is 0 Å².